The van der Waals surface area contributed by atoms with Gasteiger partial charge in [-0.3, -0.25) is 0 Å². The van der Waals surface area contributed by atoms with E-state index in [1.54, 1.807) is 0 Å². The summed E-state index contributed by atoms with van der Waals surface area (Å²) in [5.41, 5.74) is 0. The van der Waals surface area contributed by atoms with Gasteiger partial charge >= 0.3 is 0 Å². The van der Waals surface area contributed by atoms with Crippen molar-refractivity contribution in [2.24, 2.45) is 0 Å². The lowest BCUT2D eigenvalue weighted by molar-refractivity contribution is 0.122. The topological polar surface area (TPSA) is 23.5 Å². The third kappa shape index (κ3) is 6.05. The Morgan fingerprint density at radius 3 is 2.23 bits per heavy atom. The van der Waals surface area contributed by atoms with E-state index >= 15 is 0 Å². The zero-order valence-electron chi connectivity index (χ0n) is 9.58. The van der Waals surface area contributed by atoms with Gasteiger partial charge in [-0.2, -0.15) is 0 Å². The molecule has 0 saturated heterocycles. The summed E-state index contributed by atoms with van der Waals surface area (Å²) in [4.78, 5) is 2.44. The Bertz CT molecular complexity index is 115. The van der Waals surface area contributed by atoms with Crippen LogP contribution < -0.4 is 0 Å². The van der Waals surface area contributed by atoms with Gasteiger partial charge in [0.2, 0.25) is 0 Å². The quantitative estimate of drug-likeness (QED) is 0.661. The van der Waals surface area contributed by atoms with E-state index < -0.39 is 0 Å². The van der Waals surface area contributed by atoms with Gasteiger partial charge in [0.15, 0.2) is 0 Å². The van der Waals surface area contributed by atoms with Crippen molar-refractivity contribution < 1.29 is 5.11 Å². The predicted octanol–water partition coefficient (Wildman–Crippen LogP) is 2.27. The summed E-state index contributed by atoms with van der Waals surface area (Å²) in [6.45, 7) is 10.7. The lowest BCUT2D eigenvalue weighted by atomic mass is 10.1. The molecule has 0 aromatic carbocycles. The molecule has 80 valence electrons. The smallest absolute Gasteiger partial charge is 0.0526 e. The Morgan fingerprint density at radius 1 is 1.23 bits per heavy atom. The fourth-order valence-corrected chi connectivity index (χ4v) is 1.69. The molecule has 0 fully saturated rings. The van der Waals surface area contributed by atoms with Crippen molar-refractivity contribution in [3.63, 3.8) is 0 Å². The lowest BCUT2D eigenvalue weighted by Gasteiger charge is -2.28. The zero-order valence-corrected chi connectivity index (χ0v) is 9.58. The van der Waals surface area contributed by atoms with E-state index in [0.29, 0.717) is 6.04 Å². The second-order valence-corrected chi connectivity index (χ2v) is 3.92. The number of unbranched alkanes of at least 4 members (excludes halogenated alkanes) is 1. The molecule has 2 heteroatoms. The van der Waals surface area contributed by atoms with Gasteiger partial charge in [0, 0.05) is 6.04 Å². The predicted molar refractivity (Wildman–Crippen MR) is 57.9 cm³/mol. The van der Waals surface area contributed by atoms with Crippen molar-refractivity contribution in [2.75, 3.05) is 13.1 Å². The molecule has 0 aliphatic carbocycles. The highest BCUT2D eigenvalue weighted by Gasteiger charge is 2.12. The Morgan fingerprint density at radius 2 is 1.85 bits per heavy atom. The van der Waals surface area contributed by atoms with Crippen LogP contribution in [0.4, 0.5) is 0 Å². The third-order valence-electron chi connectivity index (χ3n) is 2.51. The highest BCUT2D eigenvalue weighted by atomic mass is 16.3. The van der Waals surface area contributed by atoms with Crippen molar-refractivity contribution in [1.29, 1.82) is 0 Å². The summed E-state index contributed by atoms with van der Waals surface area (Å²) in [5, 5.41) is 9.27. The maximum atomic E-state index is 9.27. The third-order valence-corrected chi connectivity index (χ3v) is 2.51. The number of nitrogens with zero attached hydrogens (tertiary/aromatic N) is 1. The van der Waals surface area contributed by atoms with E-state index in [1.165, 1.54) is 19.4 Å². The number of hydrogen-bond donors (Lipinski definition) is 1. The fourth-order valence-electron chi connectivity index (χ4n) is 1.69. The molecular formula is C11H25NO. The maximum absolute atomic E-state index is 9.27. The number of aliphatic hydroxyl groups excluding tert-OH is 1. The van der Waals surface area contributed by atoms with Gasteiger partial charge in [-0.25, -0.2) is 0 Å². The summed E-state index contributed by atoms with van der Waals surface area (Å²) in [5.74, 6) is 0. The van der Waals surface area contributed by atoms with Gasteiger partial charge < -0.3 is 10.0 Å². The van der Waals surface area contributed by atoms with Crippen LogP contribution in [0.25, 0.3) is 0 Å². The molecule has 0 rings (SSSR count). The molecule has 0 aliphatic rings. The van der Waals surface area contributed by atoms with Crippen molar-refractivity contribution in [1.82, 2.24) is 4.90 Å². The molecular weight excluding hydrogens is 162 g/mol. The monoisotopic (exact) mass is 187 g/mol. The number of aliphatic hydroxyl groups is 1. The highest BCUT2D eigenvalue weighted by Crippen LogP contribution is 2.07. The van der Waals surface area contributed by atoms with Crippen LogP contribution in [0.5, 0.6) is 0 Å². The average Bonchev–Trinajstić information content (AvgIpc) is 2.04. The van der Waals surface area contributed by atoms with Gasteiger partial charge in [0.1, 0.15) is 0 Å². The zero-order chi connectivity index (χ0) is 10.3. The maximum Gasteiger partial charge on any atom is 0.0526 e. The van der Waals surface area contributed by atoms with E-state index in [1.807, 2.05) is 6.92 Å². The molecule has 2 atom stereocenters. The van der Waals surface area contributed by atoms with Crippen molar-refractivity contribution in [3.8, 4) is 0 Å². The Balaban J connectivity index is 3.77. The minimum Gasteiger partial charge on any atom is -0.393 e. The van der Waals surface area contributed by atoms with E-state index in [9.17, 15) is 5.11 Å². The first-order chi connectivity index (χ1) is 6.11. The van der Waals surface area contributed by atoms with E-state index in [-0.39, 0.29) is 6.10 Å². The minimum absolute atomic E-state index is 0.175. The highest BCUT2D eigenvalue weighted by molar-refractivity contribution is 4.68. The molecule has 0 aromatic heterocycles. The van der Waals surface area contributed by atoms with Gasteiger partial charge in [-0.05, 0) is 39.8 Å². The van der Waals surface area contributed by atoms with Crippen molar-refractivity contribution in [3.05, 3.63) is 0 Å². The molecule has 13 heavy (non-hydrogen) atoms. The first kappa shape index (κ1) is 12.9. The van der Waals surface area contributed by atoms with Gasteiger partial charge in [-0.1, -0.05) is 20.3 Å². The van der Waals surface area contributed by atoms with Crippen LogP contribution >= 0.6 is 0 Å². The summed E-state index contributed by atoms with van der Waals surface area (Å²) < 4.78 is 0. The van der Waals surface area contributed by atoms with Crippen LogP contribution in [0.15, 0.2) is 0 Å². The van der Waals surface area contributed by atoms with E-state index in [0.717, 1.165) is 13.0 Å². The molecule has 0 radical (unpaired) electrons. The lowest BCUT2D eigenvalue weighted by Crippen LogP contribution is -2.35. The van der Waals surface area contributed by atoms with Crippen molar-refractivity contribution >= 4 is 0 Å². The molecule has 0 spiro atoms. The van der Waals surface area contributed by atoms with Crippen LogP contribution in [0, 0.1) is 0 Å². The van der Waals surface area contributed by atoms with Crippen LogP contribution in [0.3, 0.4) is 0 Å². The SMILES string of the molecule is CCCCN(CC)C(C)CC(C)O. The van der Waals surface area contributed by atoms with Crippen molar-refractivity contribution in [2.45, 2.75) is 59.1 Å². The number of hydrogen-bond acceptors (Lipinski definition) is 2. The minimum atomic E-state index is -0.175. The first-order valence-corrected chi connectivity index (χ1v) is 5.53. The molecule has 2 unspecified atom stereocenters. The largest absolute Gasteiger partial charge is 0.393 e. The second kappa shape index (κ2) is 7.34. The molecule has 0 aliphatic heterocycles. The molecule has 0 bridgehead atoms. The van der Waals surface area contributed by atoms with Gasteiger partial charge in [0.25, 0.3) is 0 Å². The van der Waals surface area contributed by atoms with Gasteiger partial charge in [-0.15, -0.1) is 0 Å². The standard InChI is InChI=1S/C11H25NO/c1-5-7-8-12(6-2)10(3)9-11(4)13/h10-11,13H,5-9H2,1-4H3. The summed E-state index contributed by atoms with van der Waals surface area (Å²) >= 11 is 0. The molecule has 2 nitrogen and oxygen atoms in total. The van der Waals surface area contributed by atoms with Crippen LogP contribution in [-0.4, -0.2) is 35.2 Å². The summed E-state index contributed by atoms with van der Waals surface area (Å²) in [6.07, 6.45) is 3.22. The van der Waals surface area contributed by atoms with Gasteiger partial charge in [0.05, 0.1) is 6.10 Å². The second-order valence-electron chi connectivity index (χ2n) is 3.92. The molecule has 0 saturated carbocycles. The normalized spacial score (nSPS) is 16.2. The van der Waals surface area contributed by atoms with Crippen LogP contribution in [-0.2, 0) is 0 Å². The molecule has 0 aromatic rings. The molecule has 1 N–H and O–H groups in total. The first-order valence-electron chi connectivity index (χ1n) is 5.53. The van der Waals surface area contributed by atoms with Crippen LogP contribution in [0.2, 0.25) is 0 Å². The Hall–Kier alpha value is -0.0800. The van der Waals surface area contributed by atoms with E-state index in [2.05, 4.69) is 25.7 Å². The average molecular weight is 187 g/mol. The molecule has 0 heterocycles. The Labute approximate surface area is 82.9 Å². The fraction of sp³-hybridized carbons (Fsp3) is 1.00. The summed E-state index contributed by atoms with van der Waals surface area (Å²) in [7, 11) is 0. The Kier molecular flexibility index (Phi) is 7.29. The molecule has 0 amide bonds. The summed E-state index contributed by atoms with van der Waals surface area (Å²) in [6, 6.07) is 0.511. The number of rotatable bonds is 7. The van der Waals surface area contributed by atoms with Crippen LogP contribution in [0.1, 0.15) is 47.0 Å². The van der Waals surface area contributed by atoms with E-state index in [4.69, 9.17) is 0 Å².